The van der Waals surface area contributed by atoms with Crippen LogP contribution < -0.4 is 0 Å². The van der Waals surface area contributed by atoms with E-state index in [-0.39, 0.29) is 16.8 Å². The predicted octanol–water partition coefficient (Wildman–Crippen LogP) is 4.03. The molecule has 1 amide bonds. The third kappa shape index (κ3) is 5.09. The van der Waals surface area contributed by atoms with Crippen molar-refractivity contribution < 1.29 is 13.2 Å². The molecule has 146 valence electrons. The molecule has 0 radical (unpaired) electrons. The van der Waals surface area contributed by atoms with Crippen LogP contribution in [-0.2, 0) is 16.6 Å². The molecule has 0 saturated heterocycles. The number of halogens is 1. The molecule has 0 aliphatic carbocycles. The van der Waals surface area contributed by atoms with Gasteiger partial charge in [0.05, 0.1) is 4.90 Å². The van der Waals surface area contributed by atoms with Crippen LogP contribution >= 0.6 is 11.6 Å². The van der Waals surface area contributed by atoms with Crippen molar-refractivity contribution in [2.45, 2.75) is 38.3 Å². The van der Waals surface area contributed by atoms with Crippen LogP contribution in [0.4, 0.5) is 0 Å². The Morgan fingerprint density at radius 1 is 1.11 bits per heavy atom. The average molecular weight is 409 g/mol. The molecule has 0 saturated carbocycles. The van der Waals surface area contributed by atoms with Gasteiger partial charge in [-0.3, -0.25) is 4.79 Å². The maximum atomic E-state index is 12.9. The molecule has 0 unspecified atom stereocenters. The Kier molecular flexibility index (Phi) is 7.03. The molecular weight excluding hydrogens is 384 g/mol. The summed E-state index contributed by atoms with van der Waals surface area (Å²) in [6.07, 6.45) is 0. The number of carbonyl (C=O) groups is 1. The molecule has 0 spiro atoms. The van der Waals surface area contributed by atoms with Crippen molar-refractivity contribution in [3.8, 4) is 0 Å². The fraction of sp³-hybridized carbons (Fsp3) is 0.350. The van der Waals surface area contributed by atoms with E-state index in [4.69, 9.17) is 11.6 Å². The first-order chi connectivity index (χ1) is 12.7. The minimum Gasteiger partial charge on any atom is -0.335 e. The molecule has 27 heavy (non-hydrogen) atoms. The van der Waals surface area contributed by atoms with Gasteiger partial charge in [0.2, 0.25) is 10.0 Å². The topological polar surface area (TPSA) is 57.7 Å². The highest BCUT2D eigenvalue weighted by molar-refractivity contribution is 7.89. The number of amides is 1. The van der Waals surface area contributed by atoms with Gasteiger partial charge < -0.3 is 4.90 Å². The van der Waals surface area contributed by atoms with Gasteiger partial charge in [-0.1, -0.05) is 29.8 Å². The number of hydrogen-bond donors (Lipinski definition) is 0. The molecule has 2 aromatic rings. The van der Waals surface area contributed by atoms with E-state index in [0.29, 0.717) is 23.7 Å². The summed E-state index contributed by atoms with van der Waals surface area (Å²) < 4.78 is 26.7. The van der Waals surface area contributed by atoms with Crippen LogP contribution in [0.5, 0.6) is 0 Å². The Labute approximate surface area is 166 Å². The quantitative estimate of drug-likeness (QED) is 0.694. The average Bonchev–Trinajstić information content (AvgIpc) is 2.65. The minimum atomic E-state index is -3.65. The highest BCUT2D eigenvalue weighted by Crippen LogP contribution is 2.20. The first kappa shape index (κ1) is 21.4. The second-order valence-electron chi connectivity index (χ2n) is 6.59. The number of sulfonamides is 1. The Hall–Kier alpha value is -1.89. The maximum absolute atomic E-state index is 12.9. The second kappa shape index (κ2) is 8.87. The zero-order valence-electron chi connectivity index (χ0n) is 16.0. The lowest BCUT2D eigenvalue weighted by atomic mass is 10.1. The van der Waals surface area contributed by atoms with Crippen LogP contribution in [0.3, 0.4) is 0 Å². The van der Waals surface area contributed by atoms with E-state index in [1.165, 1.54) is 23.5 Å². The van der Waals surface area contributed by atoms with E-state index in [0.717, 1.165) is 5.56 Å². The fourth-order valence-corrected chi connectivity index (χ4v) is 4.23. The summed E-state index contributed by atoms with van der Waals surface area (Å²) in [6.45, 7) is 6.38. The number of nitrogens with zero attached hydrogens (tertiary/aromatic N) is 2. The van der Waals surface area contributed by atoms with Crippen molar-refractivity contribution in [3.63, 3.8) is 0 Å². The van der Waals surface area contributed by atoms with Gasteiger partial charge in [0.1, 0.15) is 0 Å². The number of rotatable bonds is 7. The molecule has 0 aliphatic heterocycles. The molecule has 0 N–H and O–H groups in total. The molecule has 0 atom stereocenters. The van der Waals surface area contributed by atoms with Crippen LogP contribution in [0.1, 0.15) is 36.7 Å². The van der Waals surface area contributed by atoms with Gasteiger partial charge in [-0.15, -0.1) is 0 Å². The minimum absolute atomic E-state index is 0.114. The summed E-state index contributed by atoms with van der Waals surface area (Å²) in [4.78, 5) is 14.7. The van der Waals surface area contributed by atoms with Crippen LogP contribution in [-0.4, -0.2) is 43.2 Å². The van der Waals surface area contributed by atoms with Crippen LogP contribution in [0, 0.1) is 0 Å². The lowest BCUT2D eigenvalue weighted by Crippen LogP contribution is -2.33. The second-order valence-corrected chi connectivity index (χ2v) is 9.03. The Morgan fingerprint density at radius 2 is 1.78 bits per heavy atom. The summed E-state index contributed by atoms with van der Waals surface area (Å²) in [5.41, 5.74) is 1.26. The highest BCUT2D eigenvalue weighted by atomic mass is 35.5. The molecule has 0 bridgehead atoms. The van der Waals surface area contributed by atoms with Crippen molar-refractivity contribution in [1.29, 1.82) is 0 Å². The van der Waals surface area contributed by atoms with Crippen LogP contribution in [0.15, 0.2) is 53.4 Å². The summed E-state index contributed by atoms with van der Waals surface area (Å²) >= 11 is 6.02. The highest BCUT2D eigenvalue weighted by Gasteiger charge is 2.24. The molecule has 2 aromatic carbocycles. The fourth-order valence-electron chi connectivity index (χ4n) is 2.60. The van der Waals surface area contributed by atoms with Gasteiger partial charge in [-0.05, 0) is 56.7 Å². The molecule has 2 rings (SSSR count). The van der Waals surface area contributed by atoms with Crippen LogP contribution in [0.2, 0.25) is 5.02 Å². The SMILES string of the molecule is CCN(Cc1cccc(Cl)c1)C(=O)c1cccc(S(=O)(=O)N(C)C(C)C)c1. The third-order valence-corrected chi connectivity index (χ3v) is 6.68. The number of benzene rings is 2. The van der Waals surface area contributed by atoms with E-state index in [1.807, 2.05) is 25.1 Å². The van der Waals surface area contributed by atoms with Gasteiger partial charge in [0, 0.05) is 36.8 Å². The third-order valence-electron chi connectivity index (χ3n) is 4.42. The largest absolute Gasteiger partial charge is 0.335 e. The van der Waals surface area contributed by atoms with Crippen molar-refractivity contribution >= 4 is 27.5 Å². The molecule has 0 aliphatic rings. The monoisotopic (exact) mass is 408 g/mol. The van der Waals surface area contributed by atoms with Crippen molar-refractivity contribution in [3.05, 3.63) is 64.7 Å². The van der Waals surface area contributed by atoms with Gasteiger partial charge in [0.15, 0.2) is 0 Å². The molecule has 0 fully saturated rings. The van der Waals surface area contributed by atoms with Gasteiger partial charge in [-0.25, -0.2) is 8.42 Å². The van der Waals surface area contributed by atoms with E-state index < -0.39 is 10.0 Å². The molecule has 0 aromatic heterocycles. The predicted molar refractivity (Wildman–Crippen MR) is 108 cm³/mol. The molecule has 5 nitrogen and oxygen atoms in total. The Bertz CT molecular complexity index is 913. The standard InChI is InChI=1S/C20H25ClN2O3S/c1-5-23(14-16-8-6-10-18(21)12-16)20(24)17-9-7-11-19(13-17)27(25,26)22(4)15(2)3/h6-13,15H,5,14H2,1-4H3. The van der Waals surface area contributed by atoms with Crippen molar-refractivity contribution in [2.24, 2.45) is 0 Å². The zero-order chi connectivity index (χ0) is 20.2. The van der Waals surface area contributed by atoms with Crippen molar-refractivity contribution in [2.75, 3.05) is 13.6 Å². The Balaban J connectivity index is 2.30. The molecule has 7 heteroatoms. The summed E-state index contributed by atoms with van der Waals surface area (Å²) in [5, 5.41) is 0.612. The first-order valence-corrected chi connectivity index (χ1v) is 10.6. The van der Waals surface area contributed by atoms with Gasteiger partial charge in [-0.2, -0.15) is 4.31 Å². The first-order valence-electron chi connectivity index (χ1n) is 8.78. The van der Waals surface area contributed by atoms with Crippen LogP contribution in [0.25, 0.3) is 0 Å². The van der Waals surface area contributed by atoms with Gasteiger partial charge >= 0.3 is 0 Å². The maximum Gasteiger partial charge on any atom is 0.254 e. The van der Waals surface area contributed by atoms with E-state index >= 15 is 0 Å². The lowest BCUT2D eigenvalue weighted by Gasteiger charge is -2.23. The summed E-state index contributed by atoms with van der Waals surface area (Å²) in [6, 6.07) is 13.3. The van der Waals surface area contributed by atoms with E-state index in [9.17, 15) is 13.2 Å². The lowest BCUT2D eigenvalue weighted by molar-refractivity contribution is 0.0752. The summed E-state index contributed by atoms with van der Waals surface area (Å²) in [5.74, 6) is -0.221. The molecular formula is C20H25ClN2O3S. The number of hydrogen-bond acceptors (Lipinski definition) is 3. The normalized spacial score (nSPS) is 11.8. The zero-order valence-corrected chi connectivity index (χ0v) is 17.6. The van der Waals surface area contributed by atoms with E-state index in [1.54, 1.807) is 36.9 Å². The Morgan fingerprint density at radius 3 is 2.37 bits per heavy atom. The van der Waals surface area contributed by atoms with E-state index in [2.05, 4.69) is 0 Å². The molecule has 0 heterocycles. The smallest absolute Gasteiger partial charge is 0.254 e. The summed E-state index contributed by atoms with van der Waals surface area (Å²) in [7, 11) is -2.11. The van der Waals surface area contributed by atoms with Crippen molar-refractivity contribution in [1.82, 2.24) is 9.21 Å². The number of carbonyl (C=O) groups excluding carboxylic acids is 1. The van der Waals surface area contributed by atoms with Gasteiger partial charge in [0.25, 0.3) is 5.91 Å².